The van der Waals surface area contributed by atoms with Gasteiger partial charge in [-0.25, -0.2) is 0 Å². The molecule has 0 bridgehead atoms. The summed E-state index contributed by atoms with van der Waals surface area (Å²) in [5.74, 6) is -0.858. The molecule has 1 fully saturated rings. The largest absolute Gasteiger partial charge is 0.355 e. The quantitative estimate of drug-likeness (QED) is 0.429. The average Bonchev–Trinajstić information content (AvgIpc) is 3.07. The highest BCUT2D eigenvalue weighted by Gasteiger charge is 2.56. The summed E-state index contributed by atoms with van der Waals surface area (Å²) in [5.41, 5.74) is -1.05. The van der Waals surface area contributed by atoms with Crippen LogP contribution in [0.3, 0.4) is 0 Å². The molecule has 8 heteroatoms. The van der Waals surface area contributed by atoms with Crippen molar-refractivity contribution in [1.82, 2.24) is 10.6 Å². The van der Waals surface area contributed by atoms with Gasteiger partial charge in [0.1, 0.15) is 5.41 Å². The number of hydrogen-bond donors (Lipinski definition) is 3. The molecule has 0 atom stereocenters. The molecule has 0 radical (unpaired) electrons. The van der Waals surface area contributed by atoms with Crippen LogP contribution in [0.1, 0.15) is 33.1 Å². The molecule has 0 heterocycles. The maximum Gasteiger partial charge on any atom is 0.266 e. The zero-order valence-electron chi connectivity index (χ0n) is 11.8. The van der Waals surface area contributed by atoms with E-state index in [1.54, 1.807) is 0 Å². The van der Waals surface area contributed by atoms with Gasteiger partial charge in [0.15, 0.2) is 0 Å². The first kappa shape index (κ1) is 16.9. The molecule has 0 aromatic carbocycles. The molecule has 1 saturated carbocycles. The minimum Gasteiger partial charge on any atom is -0.355 e. The van der Waals surface area contributed by atoms with Crippen molar-refractivity contribution in [2.45, 2.75) is 33.1 Å². The fourth-order valence-electron chi connectivity index (χ4n) is 1.79. The third-order valence-electron chi connectivity index (χ3n) is 3.27. The van der Waals surface area contributed by atoms with E-state index in [9.17, 15) is 18.0 Å². The van der Waals surface area contributed by atoms with Crippen LogP contribution in [0.5, 0.6) is 0 Å². The molecular formula is C12H22N2O5S. The predicted molar refractivity (Wildman–Crippen MR) is 73.6 cm³/mol. The summed E-state index contributed by atoms with van der Waals surface area (Å²) in [4.78, 5) is 23.9. The lowest BCUT2D eigenvalue weighted by atomic mass is 10.0. The molecule has 116 valence electrons. The van der Waals surface area contributed by atoms with E-state index in [-0.39, 0.29) is 12.5 Å². The lowest BCUT2D eigenvalue weighted by molar-refractivity contribution is -0.137. The van der Waals surface area contributed by atoms with Crippen LogP contribution in [0.2, 0.25) is 0 Å². The molecule has 0 aromatic rings. The van der Waals surface area contributed by atoms with Crippen LogP contribution in [0.4, 0.5) is 0 Å². The van der Waals surface area contributed by atoms with Crippen molar-refractivity contribution in [2.24, 2.45) is 11.3 Å². The van der Waals surface area contributed by atoms with Crippen molar-refractivity contribution >= 4 is 21.9 Å². The second-order valence-electron chi connectivity index (χ2n) is 5.56. The summed E-state index contributed by atoms with van der Waals surface area (Å²) in [6.45, 7) is 4.41. The molecular weight excluding hydrogens is 284 g/mol. The van der Waals surface area contributed by atoms with E-state index in [1.807, 2.05) is 13.8 Å². The van der Waals surface area contributed by atoms with Gasteiger partial charge in [-0.3, -0.25) is 14.1 Å². The molecule has 3 N–H and O–H groups in total. The van der Waals surface area contributed by atoms with Crippen LogP contribution in [-0.2, 0) is 19.7 Å². The average molecular weight is 306 g/mol. The van der Waals surface area contributed by atoms with Gasteiger partial charge in [-0.15, -0.1) is 0 Å². The van der Waals surface area contributed by atoms with Crippen LogP contribution in [-0.4, -0.2) is 43.6 Å². The van der Waals surface area contributed by atoms with E-state index in [1.165, 1.54) is 0 Å². The smallest absolute Gasteiger partial charge is 0.266 e. The second kappa shape index (κ2) is 6.53. The van der Waals surface area contributed by atoms with Gasteiger partial charge in [-0.2, -0.15) is 8.42 Å². The summed E-state index contributed by atoms with van der Waals surface area (Å²) in [7, 11) is -4.10. The van der Waals surface area contributed by atoms with Gasteiger partial charge in [-0.1, -0.05) is 13.8 Å². The Morgan fingerprint density at radius 2 is 1.65 bits per heavy atom. The summed E-state index contributed by atoms with van der Waals surface area (Å²) in [5, 5.41) is 5.12. The first-order valence-electron chi connectivity index (χ1n) is 6.69. The highest BCUT2D eigenvalue weighted by molar-refractivity contribution is 7.85. The molecule has 0 spiro atoms. The molecule has 0 aromatic heterocycles. The number of amides is 2. The maximum absolute atomic E-state index is 12.0. The van der Waals surface area contributed by atoms with E-state index in [0.29, 0.717) is 25.3 Å². The number of rotatable bonds is 8. The minimum atomic E-state index is -4.10. The molecule has 1 rings (SSSR count). The van der Waals surface area contributed by atoms with E-state index < -0.39 is 27.2 Å². The molecule has 7 nitrogen and oxygen atoms in total. The van der Waals surface area contributed by atoms with Crippen molar-refractivity contribution in [1.29, 1.82) is 0 Å². The lowest BCUT2D eigenvalue weighted by Crippen LogP contribution is -2.44. The molecule has 0 unspecified atom stereocenters. The van der Waals surface area contributed by atoms with Crippen LogP contribution < -0.4 is 10.6 Å². The van der Waals surface area contributed by atoms with Gasteiger partial charge in [0.2, 0.25) is 11.8 Å². The monoisotopic (exact) mass is 306 g/mol. The van der Waals surface area contributed by atoms with Gasteiger partial charge >= 0.3 is 0 Å². The number of carbonyl (C=O) groups excluding carboxylic acids is 2. The summed E-state index contributed by atoms with van der Waals surface area (Å²) in [6.07, 6.45) is 1.78. The van der Waals surface area contributed by atoms with Crippen molar-refractivity contribution in [3.8, 4) is 0 Å². The second-order valence-corrected chi connectivity index (χ2v) is 7.13. The standard InChI is InChI=1S/C12H22N2O5S/c1-9(2)3-6-13-10(15)12(4-5-12)11(16)14-7-8-20(17,18)19/h9H,3-8H2,1-2H3,(H,13,15)(H,14,16)(H,17,18,19). The Labute approximate surface area is 119 Å². The zero-order valence-corrected chi connectivity index (χ0v) is 12.6. The summed E-state index contributed by atoms with van der Waals surface area (Å²) >= 11 is 0. The Balaban J connectivity index is 2.40. The lowest BCUT2D eigenvalue weighted by Gasteiger charge is -2.15. The Morgan fingerprint density at radius 1 is 1.15 bits per heavy atom. The van der Waals surface area contributed by atoms with Gasteiger partial charge in [0.05, 0.1) is 5.75 Å². The van der Waals surface area contributed by atoms with E-state index in [0.717, 1.165) is 6.42 Å². The Hall–Kier alpha value is -1.15. The summed E-state index contributed by atoms with van der Waals surface area (Å²) < 4.78 is 29.7. The third-order valence-corrected chi connectivity index (χ3v) is 3.99. The van der Waals surface area contributed by atoms with Crippen LogP contribution >= 0.6 is 0 Å². The predicted octanol–water partition coefficient (Wildman–Crippen LogP) is -0.0671. The zero-order chi connectivity index (χ0) is 15.4. The van der Waals surface area contributed by atoms with Gasteiger partial charge in [-0.05, 0) is 25.2 Å². The van der Waals surface area contributed by atoms with Crippen LogP contribution in [0.15, 0.2) is 0 Å². The maximum atomic E-state index is 12.0. The normalized spacial score (nSPS) is 16.8. The first-order valence-corrected chi connectivity index (χ1v) is 8.30. The fourth-order valence-corrected chi connectivity index (χ4v) is 2.15. The third kappa shape index (κ3) is 5.09. The van der Waals surface area contributed by atoms with Crippen molar-refractivity contribution in [3.05, 3.63) is 0 Å². The van der Waals surface area contributed by atoms with Crippen LogP contribution in [0, 0.1) is 11.3 Å². The Bertz CT molecular complexity index is 468. The SMILES string of the molecule is CC(C)CCNC(=O)C1(C(=O)NCCS(=O)(=O)O)CC1. The van der Waals surface area contributed by atoms with E-state index in [2.05, 4.69) is 10.6 Å². The number of carbonyl (C=O) groups is 2. The van der Waals surface area contributed by atoms with Gasteiger partial charge in [0.25, 0.3) is 10.1 Å². The highest BCUT2D eigenvalue weighted by Crippen LogP contribution is 2.46. The van der Waals surface area contributed by atoms with Crippen molar-refractivity contribution in [3.63, 3.8) is 0 Å². The van der Waals surface area contributed by atoms with Crippen LogP contribution in [0.25, 0.3) is 0 Å². The molecule has 2 amide bonds. The highest BCUT2D eigenvalue weighted by atomic mass is 32.2. The van der Waals surface area contributed by atoms with Crippen molar-refractivity contribution < 1.29 is 22.6 Å². The first-order chi connectivity index (χ1) is 9.17. The van der Waals surface area contributed by atoms with Crippen molar-refractivity contribution in [2.75, 3.05) is 18.8 Å². The molecule has 20 heavy (non-hydrogen) atoms. The Morgan fingerprint density at radius 3 is 2.05 bits per heavy atom. The minimum absolute atomic E-state index is 0.196. The molecule has 1 aliphatic carbocycles. The Kier molecular flexibility index (Phi) is 5.52. The fraction of sp³-hybridized carbons (Fsp3) is 0.833. The van der Waals surface area contributed by atoms with E-state index in [4.69, 9.17) is 4.55 Å². The number of nitrogens with one attached hydrogen (secondary N) is 2. The molecule has 0 aliphatic heterocycles. The van der Waals surface area contributed by atoms with E-state index >= 15 is 0 Å². The topological polar surface area (TPSA) is 113 Å². The molecule has 1 aliphatic rings. The van der Waals surface area contributed by atoms with Gasteiger partial charge in [0, 0.05) is 13.1 Å². The number of hydrogen-bond acceptors (Lipinski definition) is 4. The van der Waals surface area contributed by atoms with Gasteiger partial charge < -0.3 is 10.6 Å². The molecule has 0 saturated heterocycles. The summed E-state index contributed by atoms with van der Waals surface area (Å²) in [6, 6.07) is 0.